The van der Waals surface area contributed by atoms with Gasteiger partial charge < -0.3 is 20.3 Å². The number of hydrogen-bond donors (Lipinski definition) is 3. The van der Waals surface area contributed by atoms with Gasteiger partial charge in [0.15, 0.2) is 0 Å². The van der Waals surface area contributed by atoms with E-state index in [0.717, 1.165) is 51.4 Å². The number of ether oxygens (including phenoxy) is 1. The third-order valence-electron chi connectivity index (χ3n) is 17.6. The molecule has 1 amide bonds. The van der Waals surface area contributed by atoms with Crippen molar-refractivity contribution in [3.8, 4) is 0 Å². The summed E-state index contributed by atoms with van der Waals surface area (Å²) in [5.41, 5.74) is 0. The molecule has 6 heteroatoms. The van der Waals surface area contributed by atoms with Crippen molar-refractivity contribution in [3.63, 3.8) is 0 Å². The molecular formula is C78H147NO5. The summed E-state index contributed by atoms with van der Waals surface area (Å²) in [5.74, 6) is -0.0581. The van der Waals surface area contributed by atoms with Crippen LogP contribution in [0.3, 0.4) is 0 Å². The maximum Gasteiger partial charge on any atom is 0.305 e. The smallest absolute Gasteiger partial charge is 0.305 e. The number of esters is 1. The van der Waals surface area contributed by atoms with Gasteiger partial charge in [-0.3, -0.25) is 9.59 Å². The van der Waals surface area contributed by atoms with Crippen molar-refractivity contribution in [3.05, 3.63) is 48.6 Å². The van der Waals surface area contributed by atoms with Crippen molar-refractivity contribution in [2.45, 2.75) is 424 Å². The van der Waals surface area contributed by atoms with E-state index >= 15 is 0 Å². The highest BCUT2D eigenvalue weighted by atomic mass is 16.5. The van der Waals surface area contributed by atoms with Crippen LogP contribution in [-0.2, 0) is 14.3 Å². The van der Waals surface area contributed by atoms with Crippen molar-refractivity contribution < 1.29 is 24.5 Å². The highest BCUT2D eigenvalue weighted by Gasteiger charge is 2.18. The van der Waals surface area contributed by atoms with Gasteiger partial charge in [0.1, 0.15) is 0 Å². The van der Waals surface area contributed by atoms with Crippen molar-refractivity contribution in [1.29, 1.82) is 0 Å². The van der Waals surface area contributed by atoms with E-state index in [9.17, 15) is 19.8 Å². The number of rotatable bonds is 71. The zero-order valence-corrected chi connectivity index (χ0v) is 56.6. The fraction of sp³-hybridized carbons (Fsp3) is 0.872. The summed E-state index contributed by atoms with van der Waals surface area (Å²) in [7, 11) is 0. The van der Waals surface area contributed by atoms with Crippen molar-refractivity contribution in [1.82, 2.24) is 5.32 Å². The summed E-state index contributed by atoms with van der Waals surface area (Å²) >= 11 is 0. The molecule has 494 valence electrons. The second-order valence-corrected chi connectivity index (χ2v) is 26.0. The van der Waals surface area contributed by atoms with Crippen LogP contribution < -0.4 is 5.32 Å². The minimum Gasteiger partial charge on any atom is -0.466 e. The highest BCUT2D eigenvalue weighted by Crippen LogP contribution is 2.19. The van der Waals surface area contributed by atoms with Gasteiger partial charge in [0.25, 0.3) is 0 Å². The summed E-state index contributed by atoms with van der Waals surface area (Å²) in [6.07, 6.45) is 96.4. The van der Waals surface area contributed by atoms with Gasteiger partial charge in [-0.15, -0.1) is 0 Å². The summed E-state index contributed by atoms with van der Waals surface area (Å²) in [6, 6.07) is -0.627. The van der Waals surface area contributed by atoms with Crippen LogP contribution in [0.4, 0.5) is 0 Å². The summed E-state index contributed by atoms with van der Waals surface area (Å²) in [5, 5.41) is 23.3. The Balaban J connectivity index is 3.39. The Labute approximate surface area is 525 Å². The molecule has 6 nitrogen and oxygen atoms in total. The SMILES string of the molecule is CCCC/C=C\C/C=C\CCCCCCCC(=O)OCCCCCCCCCCCCCC/C=C\CCCCCCCCCCCCCCCCCCC(=O)NC(CO)C(O)/C=C/CCCCCCCCCCCCCCCCCCCCC. The van der Waals surface area contributed by atoms with Crippen LogP contribution in [-0.4, -0.2) is 47.4 Å². The molecule has 0 aromatic carbocycles. The van der Waals surface area contributed by atoms with Crippen LogP contribution >= 0.6 is 0 Å². The Kier molecular flexibility index (Phi) is 71.4. The first-order valence-corrected chi connectivity index (χ1v) is 37.9. The molecule has 0 saturated carbocycles. The quantitative estimate of drug-likeness (QED) is 0.0320. The lowest BCUT2D eigenvalue weighted by molar-refractivity contribution is -0.143. The number of aliphatic hydroxyl groups is 2. The lowest BCUT2D eigenvalue weighted by Gasteiger charge is -2.20. The topological polar surface area (TPSA) is 95.9 Å². The standard InChI is InChI=1S/C78H147NO5/c1-3-5-7-9-11-13-15-17-19-20-21-34-37-40-43-46-50-54-58-62-66-70-76(81)75(74-80)79-77(82)71-67-63-59-55-51-47-44-41-38-35-32-30-28-26-24-22-23-25-27-29-31-33-36-39-42-45-49-53-57-61-65-69-73-84-78(83)72-68-64-60-56-52-48-18-16-14-12-10-8-6-4-2/h10,12,16,18,25,27,66,70,75-76,80-81H,3-9,11,13-15,17,19-24,26,28-65,67-69,71-74H2,1-2H3,(H,79,82)/b12-10-,18-16-,27-25-,70-66+. The second-order valence-electron chi connectivity index (χ2n) is 26.0. The molecule has 0 fully saturated rings. The fourth-order valence-corrected chi connectivity index (χ4v) is 11.8. The van der Waals surface area contributed by atoms with Crippen LogP contribution in [0.1, 0.15) is 412 Å². The first kappa shape index (κ1) is 81.8. The van der Waals surface area contributed by atoms with Gasteiger partial charge in [0.05, 0.1) is 25.4 Å². The van der Waals surface area contributed by atoms with Gasteiger partial charge in [-0.25, -0.2) is 0 Å². The predicted octanol–water partition coefficient (Wildman–Crippen LogP) is 24.8. The van der Waals surface area contributed by atoms with E-state index in [1.54, 1.807) is 6.08 Å². The van der Waals surface area contributed by atoms with E-state index in [-0.39, 0.29) is 18.5 Å². The molecule has 0 aromatic heterocycles. The minimum atomic E-state index is -0.844. The first-order valence-electron chi connectivity index (χ1n) is 37.9. The Hall–Kier alpha value is -2.18. The number of unbranched alkanes of at least 4 members (excludes halogenated alkanes) is 54. The molecule has 0 rings (SSSR count). The average Bonchev–Trinajstić information content (AvgIpc) is 3.51. The molecule has 0 bridgehead atoms. The molecule has 3 N–H and O–H groups in total. The molecule has 0 saturated heterocycles. The first-order chi connectivity index (χ1) is 41.5. The van der Waals surface area contributed by atoms with E-state index in [0.29, 0.717) is 19.4 Å². The van der Waals surface area contributed by atoms with Gasteiger partial charge in [0, 0.05) is 12.8 Å². The third-order valence-corrected chi connectivity index (χ3v) is 17.6. The maximum atomic E-state index is 12.5. The molecule has 0 aromatic rings. The number of hydrogen-bond acceptors (Lipinski definition) is 5. The van der Waals surface area contributed by atoms with E-state index in [2.05, 4.69) is 55.6 Å². The minimum absolute atomic E-state index is 0.00351. The largest absolute Gasteiger partial charge is 0.466 e. The number of allylic oxidation sites excluding steroid dienone is 7. The lowest BCUT2D eigenvalue weighted by atomic mass is 10.0. The molecular weight excluding hydrogens is 1030 g/mol. The Morgan fingerprint density at radius 3 is 0.952 bits per heavy atom. The number of carbonyl (C=O) groups is 2. The van der Waals surface area contributed by atoms with Crippen LogP contribution in [0, 0.1) is 0 Å². The molecule has 2 atom stereocenters. The zero-order valence-electron chi connectivity index (χ0n) is 56.6. The monoisotopic (exact) mass is 1180 g/mol. The highest BCUT2D eigenvalue weighted by molar-refractivity contribution is 5.76. The summed E-state index contributed by atoms with van der Waals surface area (Å²) in [6.45, 7) is 4.89. The Morgan fingerprint density at radius 1 is 0.333 bits per heavy atom. The van der Waals surface area contributed by atoms with Crippen molar-refractivity contribution >= 4 is 11.9 Å². The molecule has 0 spiro atoms. The van der Waals surface area contributed by atoms with Gasteiger partial charge >= 0.3 is 5.97 Å². The van der Waals surface area contributed by atoms with Crippen LogP contribution in [0.2, 0.25) is 0 Å². The van der Waals surface area contributed by atoms with Gasteiger partial charge in [-0.2, -0.15) is 0 Å². The zero-order chi connectivity index (χ0) is 60.6. The average molecular weight is 1180 g/mol. The van der Waals surface area contributed by atoms with E-state index in [1.807, 2.05) is 6.08 Å². The van der Waals surface area contributed by atoms with Gasteiger partial charge in [-0.05, 0) is 83.5 Å². The molecule has 84 heavy (non-hydrogen) atoms. The fourth-order valence-electron chi connectivity index (χ4n) is 11.8. The van der Waals surface area contributed by atoms with Gasteiger partial charge in [0.2, 0.25) is 5.91 Å². The third kappa shape index (κ3) is 68.9. The van der Waals surface area contributed by atoms with E-state index in [1.165, 1.54) is 334 Å². The molecule has 2 unspecified atom stereocenters. The molecule has 0 aliphatic heterocycles. The number of amides is 1. The van der Waals surface area contributed by atoms with Crippen LogP contribution in [0.25, 0.3) is 0 Å². The van der Waals surface area contributed by atoms with E-state index in [4.69, 9.17) is 4.74 Å². The van der Waals surface area contributed by atoms with Crippen LogP contribution in [0.15, 0.2) is 48.6 Å². The number of carbonyl (C=O) groups excluding carboxylic acids is 2. The molecule has 0 heterocycles. The lowest BCUT2D eigenvalue weighted by Crippen LogP contribution is -2.45. The Bertz CT molecular complexity index is 1400. The van der Waals surface area contributed by atoms with Gasteiger partial charge in [-0.1, -0.05) is 364 Å². The number of nitrogens with one attached hydrogen (secondary N) is 1. The Morgan fingerprint density at radius 2 is 0.607 bits per heavy atom. The molecule has 0 radical (unpaired) electrons. The normalized spacial score (nSPS) is 12.8. The van der Waals surface area contributed by atoms with Crippen molar-refractivity contribution in [2.24, 2.45) is 0 Å². The van der Waals surface area contributed by atoms with Crippen LogP contribution in [0.5, 0.6) is 0 Å². The molecule has 0 aliphatic carbocycles. The maximum absolute atomic E-state index is 12.5. The summed E-state index contributed by atoms with van der Waals surface area (Å²) < 4.78 is 5.48. The molecule has 0 aliphatic rings. The predicted molar refractivity (Wildman–Crippen MR) is 370 cm³/mol. The van der Waals surface area contributed by atoms with E-state index < -0.39 is 12.1 Å². The van der Waals surface area contributed by atoms with Crippen molar-refractivity contribution in [2.75, 3.05) is 13.2 Å². The second kappa shape index (κ2) is 73.3. The summed E-state index contributed by atoms with van der Waals surface area (Å²) in [4.78, 5) is 24.6. The number of aliphatic hydroxyl groups excluding tert-OH is 2.